The third kappa shape index (κ3) is 3.59. The first-order chi connectivity index (χ1) is 14.2. The van der Waals surface area contributed by atoms with Gasteiger partial charge in [0.1, 0.15) is 0 Å². The second-order valence-electron chi connectivity index (χ2n) is 6.02. The number of nitrogen functional groups attached to an aromatic ring is 1. The lowest BCUT2D eigenvalue weighted by atomic mass is 10.2. The number of thiophene rings is 1. The zero-order valence-corrected chi connectivity index (χ0v) is 15.6. The van der Waals surface area contributed by atoms with Gasteiger partial charge in [-0.1, -0.05) is 6.07 Å². The molecule has 0 amide bonds. The maximum atomic E-state index is 13.6. The minimum Gasteiger partial charge on any atom is -0.478 e. The number of anilines is 1. The SMILES string of the molecule is Nc1nn2c(C(F)(F)F)cc(-c3cccs3)nc2c1N=Nc1ccc(C(=O)O)cc1. The van der Waals surface area contributed by atoms with Crippen molar-refractivity contribution in [2.24, 2.45) is 10.2 Å². The molecule has 0 spiro atoms. The van der Waals surface area contributed by atoms with Crippen molar-refractivity contribution in [1.82, 2.24) is 14.6 Å². The Hall–Kier alpha value is -3.80. The van der Waals surface area contributed by atoms with Crippen LogP contribution in [-0.4, -0.2) is 25.7 Å². The van der Waals surface area contributed by atoms with Crippen LogP contribution in [0.4, 0.5) is 30.4 Å². The molecule has 0 aliphatic rings. The van der Waals surface area contributed by atoms with E-state index >= 15 is 0 Å². The molecule has 1 aromatic carbocycles. The van der Waals surface area contributed by atoms with Gasteiger partial charge < -0.3 is 10.8 Å². The maximum Gasteiger partial charge on any atom is 0.433 e. The van der Waals surface area contributed by atoms with Crippen molar-refractivity contribution in [3.8, 4) is 10.6 Å². The van der Waals surface area contributed by atoms with Crippen LogP contribution < -0.4 is 5.73 Å². The molecule has 0 atom stereocenters. The zero-order chi connectivity index (χ0) is 21.5. The number of aromatic carboxylic acids is 1. The summed E-state index contributed by atoms with van der Waals surface area (Å²) in [7, 11) is 0. The fraction of sp³-hybridized carbons (Fsp3) is 0.0556. The van der Waals surface area contributed by atoms with Gasteiger partial charge in [-0.25, -0.2) is 14.3 Å². The predicted octanol–water partition coefficient (Wildman–Crippen LogP) is 5.17. The lowest BCUT2D eigenvalue weighted by molar-refractivity contribution is -0.142. The molecule has 12 heteroatoms. The Morgan fingerprint density at radius 1 is 1.17 bits per heavy atom. The fourth-order valence-corrected chi connectivity index (χ4v) is 3.34. The minimum atomic E-state index is -4.70. The molecule has 0 radical (unpaired) electrons. The Morgan fingerprint density at radius 2 is 1.90 bits per heavy atom. The lowest BCUT2D eigenvalue weighted by Crippen LogP contribution is -2.13. The molecule has 0 bridgehead atoms. The number of halogens is 3. The number of rotatable bonds is 4. The van der Waals surface area contributed by atoms with Crippen LogP contribution in [0.5, 0.6) is 0 Å². The molecule has 0 saturated heterocycles. The van der Waals surface area contributed by atoms with Gasteiger partial charge in [-0.15, -0.1) is 21.5 Å². The number of nitrogens with two attached hydrogens (primary N) is 1. The van der Waals surface area contributed by atoms with Crippen molar-refractivity contribution in [3.05, 3.63) is 59.1 Å². The molecule has 0 fully saturated rings. The molecule has 3 N–H and O–H groups in total. The van der Waals surface area contributed by atoms with E-state index < -0.39 is 17.8 Å². The van der Waals surface area contributed by atoms with Crippen LogP contribution in [0.2, 0.25) is 0 Å². The number of benzene rings is 1. The molecule has 3 heterocycles. The van der Waals surface area contributed by atoms with Gasteiger partial charge in [0.2, 0.25) is 0 Å². The molecule has 30 heavy (non-hydrogen) atoms. The van der Waals surface area contributed by atoms with Gasteiger partial charge in [-0.2, -0.15) is 18.3 Å². The van der Waals surface area contributed by atoms with Crippen molar-refractivity contribution >= 4 is 40.1 Å². The van der Waals surface area contributed by atoms with Gasteiger partial charge in [0.25, 0.3) is 0 Å². The van der Waals surface area contributed by atoms with Crippen molar-refractivity contribution in [1.29, 1.82) is 0 Å². The molecule has 0 aliphatic heterocycles. The number of azo groups is 1. The van der Waals surface area contributed by atoms with Crippen molar-refractivity contribution in [2.75, 3.05) is 5.73 Å². The van der Waals surface area contributed by atoms with E-state index in [1.54, 1.807) is 17.5 Å². The Labute approximate surface area is 170 Å². The second-order valence-corrected chi connectivity index (χ2v) is 6.97. The van der Waals surface area contributed by atoms with Crippen molar-refractivity contribution < 1.29 is 23.1 Å². The summed E-state index contributed by atoms with van der Waals surface area (Å²) in [6.45, 7) is 0. The van der Waals surface area contributed by atoms with Crippen molar-refractivity contribution in [2.45, 2.75) is 6.18 Å². The second kappa shape index (κ2) is 7.22. The monoisotopic (exact) mass is 432 g/mol. The number of carboxylic acids is 1. The third-order valence-corrected chi connectivity index (χ3v) is 4.93. The normalized spacial score (nSPS) is 12.1. The van der Waals surface area contributed by atoms with E-state index in [2.05, 4.69) is 20.3 Å². The third-order valence-electron chi connectivity index (χ3n) is 4.03. The van der Waals surface area contributed by atoms with Crippen LogP contribution in [0, 0.1) is 0 Å². The molecule has 0 unspecified atom stereocenters. The Kier molecular flexibility index (Phi) is 4.70. The van der Waals surface area contributed by atoms with E-state index in [9.17, 15) is 18.0 Å². The predicted molar refractivity (Wildman–Crippen MR) is 103 cm³/mol. The van der Waals surface area contributed by atoms with E-state index in [0.717, 1.165) is 6.07 Å². The quantitative estimate of drug-likeness (QED) is 0.431. The van der Waals surface area contributed by atoms with Gasteiger partial charge in [0.05, 0.1) is 21.8 Å². The number of carbonyl (C=O) groups is 1. The first kappa shape index (κ1) is 19.5. The summed E-state index contributed by atoms with van der Waals surface area (Å²) < 4.78 is 41.4. The molecule has 0 saturated carbocycles. The van der Waals surface area contributed by atoms with Gasteiger partial charge in [0, 0.05) is 0 Å². The number of hydrogen-bond donors (Lipinski definition) is 2. The Morgan fingerprint density at radius 3 is 2.50 bits per heavy atom. The highest BCUT2D eigenvalue weighted by atomic mass is 32.1. The summed E-state index contributed by atoms with van der Waals surface area (Å²) >= 11 is 1.24. The molecule has 4 aromatic rings. The van der Waals surface area contributed by atoms with Crippen LogP contribution >= 0.6 is 11.3 Å². The van der Waals surface area contributed by atoms with Crippen LogP contribution in [0.25, 0.3) is 16.2 Å². The van der Waals surface area contributed by atoms with Gasteiger partial charge in [0.15, 0.2) is 22.8 Å². The number of alkyl halides is 3. The van der Waals surface area contributed by atoms with E-state index in [1.165, 1.54) is 35.6 Å². The van der Waals surface area contributed by atoms with E-state index in [-0.39, 0.29) is 34.1 Å². The first-order valence-electron chi connectivity index (χ1n) is 8.29. The summed E-state index contributed by atoms with van der Waals surface area (Å²) in [6.07, 6.45) is -4.70. The van der Waals surface area contributed by atoms with E-state index in [4.69, 9.17) is 10.8 Å². The van der Waals surface area contributed by atoms with Gasteiger partial charge in [-0.3, -0.25) is 0 Å². The molecular weight excluding hydrogens is 421 g/mol. The van der Waals surface area contributed by atoms with E-state index in [1.807, 2.05) is 0 Å². The number of aromatic nitrogens is 3. The molecule has 4 rings (SSSR count). The highest BCUT2D eigenvalue weighted by molar-refractivity contribution is 7.13. The highest BCUT2D eigenvalue weighted by Gasteiger charge is 2.36. The maximum absolute atomic E-state index is 13.6. The lowest BCUT2D eigenvalue weighted by Gasteiger charge is -2.10. The summed E-state index contributed by atoms with van der Waals surface area (Å²) in [6, 6.07) is 9.70. The molecule has 8 nitrogen and oxygen atoms in total. The molecular formula is C18H11F3N6O2S. The number of carboxylic acid groups (broad SMARTS) is 1. The van der Waals surface area contributed by atoms with Gasteiger partial charge in [-0.05, 0) is 41.8 Å². The molecule has 152 valence electrons. The topological polar surface area (TPSA) is 118 Å². The Balaban J connectivity index is 1.84. The summed E-state index contributed by atoms with van der Waals surface area (Å²) in [5.41, 5.74) is 4.87. The number of fused-ring (bicyclic) bond motifs is 1. The summed E-state index contributed by atoms with van der Waals surface area (Å²) in [4.78, 5) is 15.7. The smallest absolute Gasteiger partial charge is 0.433 e. The van der Waals surface area contributed by atoms with Gasteiger partial charge >= 0.3 is 12.1 Å². The van der Waals surface area contributed by atoms with Crippen LogP contribution in [0.15, 0.2) is 58.1 Å². The highest BCUT2D eigenvalue weighted by Crippen LogP contribution is 2.37. The van der Waals surface area contributed by atoms with E-state index in [0.29, 0.717) is 9.39 Å². The minimum absolute atomic E-state index is 0.0570. The standard InChI is InChI=1S/C18H11F3N6O2S/c19-18(20,21)13-8-11(12-2-1-7-30-12)23-16-14(15(22)26-27(13)16)25-24-10-5-3-9(4-6-10)17(28)29/h1-8H,(H2,22,26)(H,28,29). The van der Waals surface area contributed by atoms with Crippen molar-refractivity contribution in [3.63, 3.8) is 0 Å². The van der Waals surface area contributed by atoms with Crippen LogP contribution in [-0.2, 0) is 6.18 Å². The average Bonchev–Trinajstić information content (AvgIpc) is 3.33. The zero-order valence-electron chi connectivity index (χ0n) is 14.8. The number of hydrogen-bond acceptors (Lipinski definition) is 7. The molecule has 0 aliphatic carbocycles. The first-order valence-corrected chi connectivity index (χ1v) is 9.17. The Bertz CT molecular complexity index is 1260. The largest absolute Gasteiger partial charge is 0.478 e. The van der Waals surface area contributed by atoms with Crippen LogP contribution in [0.1, 0.15) is 16.1 Å². The number of nitrogens with zero attached hydrogens (tertiary/aromatic N) is 5. The fourth-order valence-electron chi connectivity index (χ4n) is 2.65. The average molecular weight is 432 g/mol. The van der Waals surface area contributed by atoms with Crippen LogP contribution in [0.3, 0.4) is 0 Å². The molecule has 3 aromatic heterocycles. The summed E-state index contributed by atoms with van der Waals surface area (Å²) in [5, 5.41) is 22.2. The summed E-state index contributed by atoms with van der Waals surface area (Å²) in [5.74, 6) is -1.38.